The molecule has 2 aliphatic rings. The van der Waals surface area contributed by atoms with E-state index in [4.69, 9.17) is 5.26 Å². The predicted molar refractivity (Wildman–Crippen MR) is 99.5 cm³/mol. The minimum atomic E-state index is -1.04. The zero-order chi connectivity index (χ0) is 21.1. The van der Waals surface area contributed by atoms with Gasteiger partial charge in [0, 0.05) is 25.1 Å². The molecule has 10 heteroatoms. The standard InChI is InChI=1S/C19H19N5O5/c1-23(8-2-7-20)10-16(26)21-11-3-4-12-13(9-11)19(29)24(18(12)28)14-5-6-15(25)22-17(14)27/h3-4,9,14H,2,5-6,8,10H2,1H3,(H,21,26)(H,22,25,27). The summed E-state index contributed by atoms with van der Waals surface area (Å²) in [7, 11) is 1.71. The third-order valence-electron chi connectivity index (χ3n) is 4.74. The van der Waals surface area contributed by atoms with Crippen LogP contribution in [0, 0.1) is 11.3 Å². The summed E-state index contributed by atoms with van der Waals surface area (Å²) in [4.78, 5) is 63.5. The highest BCUT2D eigenvalue weighted by atomic mass is 16.2. The number of nitrogens with one attached hydrogen (secondary N) is 2. The van der Waals surface area contributed by atoms with Gasteiger partial charge in [0.2, 0.25) is 17.7 Å². The Bertz CT molecular complexity index is 951. The van der Waals surface area contributed by atoms with Gasteiger partial charge in [0.1, 0.15) is 6.04 Å². The minimum Gasteiger partial charge on any atom is -0.325 e. The van der Waals surface area contributed by atoms with Gasteiger partial charge in [-0.25, -0.2) is 0 Å². The molecule has 10 nitrogen and oxygen atoms in total. The second-order valence-electron chi connectivity index (χ2n) is 6.90. The van der Waals surface area contributed by atoms with Crippen molar-refractivity contribution in [2.24, 2.45) is 0 Å². The number of rotatable bonds is 6. The molecule has 2 heterocycles. The number of benzene rings is 1. The lowest BCUT2D eigenvalue weighted by atomic mass is 10.0. The molecule has 1 saturated heterocycles. The summed E-state index contributed by atoms with van der Waals surface area (Å²) in [5.41, 5.74) is 0.577. The Morgan fingerprint density at radius 3 is 2.69 bits per heavy atom. The van der Waals surface area contributed by atoms with E-state index in [9.17, 15) is 24.0 Å². The largest absolute Gasteiger partial charge is 0.325 e. The van der Waals surface area contributed by atoms with E-state index in [0.29, 0.717) is 18.7 Å². The van der Waals surface area contributed by atoms with Crippen LogP contribution < -0.4 is 10.6 Å². The maximum Gasteiger partial charge on any atom is 0.262 e. The Hall–Kier alpha value is -3.58. The number of anilines is 1. The van der Waals surface area contributed by atoms with E-state index in [1.165, 1.54) is 18.2 Å². The summed E-state index contributed by atoms with van der Waals surface area (Å²) in [6.07, 6.45) is 0.425. The molecule has 5 amide bonds. The number of imide groups is 2. The molecule has 29 heavy (non-hydrogen) atoms. The molecule has 1 unspecified atom stereocenters. The molecule has 1 fully saturated rings. The highest BCUT2D eigenvalue weighted by Gasteiger charge is 2.44. The first-order chi connectivity index (χ1) is 13.8. The van der Waals surface area contributed by atoms with Crippen molar-refractivity contribution in [2.45, 2.75) is 25.3 Å². The Kier molecular flexibility index (Phi) is 5.70. The van der Waals surface area contributed by atoms with Crippen molar-refractivity contribution in [3.8, 4) is 6.07 Å². The molecule has 150 valence electrons. The molecule has 1 aromatic rings. The first-order valence-corrected chi connectivity index (χ1v) is 9.02. The van der Waals surface area contributed by atoms with E-state index in [1.807, 2.05) is 6.07 Å². The van der Waals surface area contributed by atoms with E-state index in [1.54, 1.807) is 11.9 Å². The number of piperidine rings is 1. The lowest BCUT2D eigenvalue weighted by molar-refractivity contribution is -0.136. The van der Waals surface area contributed by atoms with Crippen molar-refractivity contribution in [1.29, 1.82) is 5.26 Å². The molecule has 1 atom stereocenters. The van der Waals surface area contributed by atoms with Crippen molar-refractivity contribution in [3.63, 3.8) is 0 Å². The Morgan fingerprint density at radius 1 is 1.28 bits per heavy atom. The highest BCUT2D eigenvalue weighted by molar-refractivity contribution is 6.23. The number of hydrogen-bond acceptors (Lipinski definition) is 7. The van der Waals surface area contributed by atoms with Crippen LogP contribution in [0.15, 0.2) is 18.2 Å². The van der Waals surface area contributed by atoms with Crippen LogP contribution in [0.4, 0.5) is 5.69 Å². The summed E-state index contributed by atoms with van der Waals surface area (Å²) < 4.78 is 0. The maximum atomic E-state index is 12.8. The van der Waals surface area contributed by atoms with Crippen molar-refractivity contribution >= 4 is 35.2 Å². The molecule has 0 radical (unpaired) electrons. The quantitative estimate of drug-likeness (QED) is 0.637. The van der Waals surface area contributed by atoms with Crippen LogP contribution in [0.5, 0.6) is 0 Å². The van der Waals surface area contributed by atoms with Crippen LogP contribution in [-0.2, 0) is 14.4 Å². The van der Waals surface area contributed by atoms with Crippen LogP contribution in [0.25, 0.3) is 0 Å². The summed E-state index contributed by atoms with van der Waals surface area (Å²) >= 11 is 0. The van der Waals surface area contributed by atoms with Gasteiger partial charge in [0.15, 0.2) is 0 Å². The fraction of sp³-hybridized carbons (Fsp3) is 0.368. The molecular formula is C19H19N5O5. The summed E-state index contributed by atoms with van der Waals surface area (Å²) in [6, 6.07) is 5.30. The van der Waals surface area contributed by atoms with Gasteiger partial charge in [-0.1, -0.05) is 0 Å². The van der Waals surface area contributed by atoms with E-state index < -0.39 is 29.7 Å². The SMILES string of the molecule is CN(CCC#N)CC(=O)Nc1ccc2c(c1)C(=O)N(C1CCC(=O)NC1=O)C2=O. The van der Waals surface area contributed by atoms with Crippen LogP contribution in [0.3, 0.4) is 0 Å². The van der Waals surface area contributed by atoms with Crippen molar-refractivity contribution in [1.82, 2.24) is 15.1 Å². The number of hydrogen-bond donors (Lipinski definition) is 2. The lowest BCUT2D eigenvalue weighted by Crippen LogP contribution is -2.54. The van der Waals surface area contributed by atoms with Crippen LogP contribution in [0.2, 0.25) is 0 Å². The molecule has 2 aliphatic heterocycles. The Morgan fingerprint density at radius 2 is 2.00 bits per heavy atom. The zero-order valence-corrected chi connectivity index (χ0v) is 15.7. The number of fused-ring (bicyclic) bond motifs is 1. The van der Waals surface area contributed by atoms with Crippen LogP contribution in [0.1, 0.15) is 40.0 Å². The van der Waals surface area contributed by atoms with Gasteiger partial charge in [-0.2, -0.15) is 5.26 Å². The van der Waals surface area contributed by atoms with Gasteiger partial charge in [-0.3, -0.25) is 39.1 Å². The molecule has 0 bridgehead atoms. The zero-order valence-electron chi connectivity index (χ0n) is 15.7. The lowest BCUT2D eigenvalue weighted by Gasteiger charge is -2.27. The fourth-order valence-electron chi connectivity index (χ4n) is 3.31. The monoisotopic (exact) mass is 397 g/mol. The molecule has 0 saturated carbocycles. The Balaban J connectivity index is 1.72. The van der Waals surface area contributed by atoms with Crippen LogP contribution in [-0.4, -0.2) is 65.5 Å². The number of nitriles is 1. The molecule has 1 aromatic carbocycles. The normalized spacial score (nSPS) is 18.5. The number of carbonyl (C=O) groups excluding carboxylic acids is 5. The average Bonchev–Trinajstić information content (AvgIpc) is 2.90. The van der Waals surface area contributed by atoms with E-state index >= 15 is 0 Å². The van der Waals surface area contributed by atoms with E-state index in [2.05, 4.69) is 10.6 Å². The number of likely N-dealkylation sites (N-methyl/N-ethyl adjacent to an activating group) is 1. The number of nitrogens with zero attached hydrogens (tertiary/aromatic N) is 3. The van der Waals surface area contributed by atoms with Gasteiger partial charge in [0.05, 0.1) is 23.7 Å². The molecule has 3 rings (SSSR count). The summed E-state index contributed by atoms with van der Waals surface area (Å²) in [5.74, 6) is -2.68. The third-order valence-corrected chi connectivity index (χ3v) is 4.74. The second kappa shape index (κ2) is 8.20. The second-order valence-corrected chi connectivity index (χ2v) is 6.90. The Labute approximate surface area is 166 Å². The molecular weight excluding hydrogens is 378 g/mol. The van der Waals surface area contributed by atoms with Crippen molar-refractivity contribution in [3.05, 3.63) is 29.3 Å². The van der Waals surface area contributed by atoms with Gasteiger partial charge >= 0.3 is 0 Å². The van der Waals surface area contributed by atoms with Gasteiger partial charge in [0.25, 0.3) is 11.8 Å². The highest BCUT2D eigenvalue weighted by Crippen LogP contribution is 2.29. The van der Waals surface area contributed by atoms with Gasteiger partial charge < -0.3 is 5.32 Å². The number of carbonyl (C=O) groups is 5. The smallest absolute Gasteiger partial charge is 0.262 e. The van der Waals surface area contributed by atoms with Gasteiger partial charge in [-0.05, 0) is 31.7 Å². The summed E-state index contributed by atoms with van der Waals surface area (Å²) in [5, 5.41) is 13.4. The topological polar surface area (TPSA) is 140 Å². The number of amides is 5. The minimum absolute atomic E-state index is 0.0461. The molecule has 0 aromatic heterocycles. The van der Waals surface area contributed by atoms with E-state index in [0.717, 1.165) is 4.90 Å². The first kappa shape index (κ1) is 20.2. The summed E-state index contributed by atoms with van der Waals surface area (Å²) in [6.45, 7) is 0.510. The first-order valence-electron chi connectivity index (χ1n) is 9.02. The van der Waals surface area contributed by atoms with Crippen molar-refractivity contribution in [2.75, 3.05) is 25.5 Å². The van der Waals surface area contributed by atoms with Crippen molar-refractivity contribution < 1.29 is 24.0 Å². The van der Waals surface area contributed by atoms with E-state index in [-0.39, 0.29) is 36.4 Å². The fourth-order valence-corrected chi connectivity index (χ4v) is 3.31. The van der Waals surface area contributed by atoms with Gasteiger partial charge in [-0.15, -0.1) is 0 Å². The van der Waals surface area contributed by atoms with Crippen LogP contribution >= 0.6 is 0 Å². The maximum absolute atomic E-state index is 12.8. The predicted octanol–water partition coefficient (Wildman–Crippen LogP) is -0.128. The third kappa shape index (κ3) is 4.14. The molecule has 0 spiro atoms. The molecule has 0 aliphatic carbocycles. The average molecular weight is 397 g/mol. The molecule has 2 N–H and O–H groups in total.